The first kappa shape index (κ1) is 10.3. The van der Waals surface area contributed by atoms with Crippen LogP contribution in [0.1, 0.15) is 0 Å². The van der Waals surface area contributed by atoms with Crippen molar-refractivity contribution in [3.63, 3.8) is 0 Å². The molecule has 0 aliphatic heterocycles. The molecule has 0 aliphatic carbocycles. The summed E-state index contributed by atoms with van der Waals surface area (Å²) < 4.78 is 0. The molecule has 0 aliphatic rings. The molecule has 0 rings (SSSR count). The molecular weight excluding hydrogens is 135 g/mol. The predicted octanol–water partition coefficient (Wildman–Crippen LogP) is 0.0106. The molecule has 0 saturated carbocycles. The summed E-state index contributed by atoms with van der Waals surface area (Å²) in [6, 6.07) is 0. The Hall–Kier alpha value is -0.770. The summed E-state index contributed by atoms with van der Waals surface area (Å²) >= 11 is 4.64. The molecule has 0 radical (unpaired) electrons. The van der Waals surface area contributed by atoms with Crippen molar-refractivity contribution in [2.45, 2.75) is 0 Å². The molecule has 8 heavy (non-hydrogen) atoms. The van der Waals surface area contributed by atoms with Gasteiger partial charge in [0.15, 0.2) is 0 Å². The van der Waals surface area contributed by atoms with Gasteiger partial charge in [-0.3, -0.25) is 0 Å². The third-order valence-corrected chi connectivity index (χ3v) is 0.183. The van der Waals surface area contributed by atoms with Gasteiger partial charge in [0, 0.05) is 6.38 Å². The zero-order valence-electron chi connectivity index (χ0n) is 4.09. The maximum absolute atomic E-state index is 9.10. The number of carboxylic acid groups (broad SMARTS) is 2. The first-order valence-corrected chi connectivity index (χ1v) is 2.24. The van der Waals surface area contributed by atoms with E-state index in [1.165, 1.54) is 6.38 Å². The summed E-state index contributed by atoms with van der Waals surface area (Å²) in [6.45, 7) is 0. The van der Waals surface area contributed by atoms with Gasteiger partial charge >= 0.3 is 11.9 Å². The third-order valence-electron chi connectivity index (χ3n) is 0.183. The topological polar surface area (TPSA) is 74.6 Å². The zero-order chi connectivity index (χ0) is 7.15. The fourth-order valence-electron chi connectivity index (χ4n) is 0. The van der Waals surface area contributed by atoms with Crippen molar-refractivity contribution in [2.24, 2.45) is 0 Å². The molecule has 0 fully saturated rings. The van der Waals surface area contributed by atoms with Crippen LogP contribution >= 0.6 is 11.6 Å². The van der Waals surface area contributed by atoms with Gasteiger partial charge in [-0.15, -0.1) is 11.6 Å². The predicted molar refractivity (Wildman–Crippen MR) is 27.0 cm³/mol. The average molecular weight is 141 g/mol. The van der Waals surface area contributed by atoms with Gasteiger partial charge < -0.3 is 10.2 Å². The number of halogens is 1. The molecule has 0 atom stereocenters. The SMILES string of the molecule is CCl.O=C(O)C(=O)O. The standard InChI is InChI=1S/C2H2O4.CH3Cl/c3-1(4)2(5)6;1-2/h(H,3,4)(H,5,6);1H3. The van der Waals surface area contributed by atoms with E-state index in [1.807, 2.05) is 0 Å². The minimum atomic E-state index is -1.82. The Kier molecular flexibility index (Phi) is 7.99. The molecule has 5 heteroatoms. The van der Waals surface area contributed by atoms with Crippen molar-refractivity contribution in [1.29, 1.82) is 0 Å². The van der Waals surface area contributed by atoms with Gasteiger partial charge in [0.05, 0.1) is 0 Å². The van der Waals surface area contributed by atoms with Crippen molar-refractivity contribution in [3.8, 4) is 0 Å². The van der Waals surface area contributed by atoms with E-state index in [0.29, 0.717) is 0 Å². The summed E-state index contributed by atoms with van der Waals surface area (Å²) in [6.07, 6.45) is 1.47. The van der Waals surface area contributed by atoms with Crippen LogP contribution in [0.5, 0.6) is 0 Å². The molecule has 2 N–H and O–H groups in total. The van der Waals surface area contributed by atoms with E-state index in [1.54, 1.807) is 0 Å². The Morgan fingerprint density at radius 2 is 1.25 bits per heavy atom. The van der Waals surface area contributed by atoms with Gasteiger partial charge in [0.1, 0.15) is 0 Å². The van der Waals surface area contributed by atoms with E-state index in [-0.39, 0.29) is 0 Å². The molecule has 0 aromatic heterocycles. The van der Waals surface area contributed by atoms with Gasteiger partial charge in [-0.1, -0.05) is 0 Å². The van der Waals surface area contributed by atoms with E-state index in [2.05, 4.69) is 11.6 Å². The van der Waals surface area contributed by atoms with Crippen molar-refractivity contribution in [3.05, 3.63) is 0 Å². The van der Waals surface area contributed by atoms with Crippen LogP contribution in [-0.2, 0) is 9.59 Å². The number of rotatable bonds is 0. The zero-order valence-corrected chi connectivity index (χ0v) is 4.84. The van der Waals surface area contributed by atoms with E-state index < -0.39 is 11.9 Å². The van der Waals surface area contributed by atoms with Crippen molar-refractivity contribution < 1.29 is 19.8 Å². The second kappa shape index (κ2) is 6.23. The summed E-state index contributed by atoms with van der Waals surface area (Å²) in [5.41, 5.74) is 0. The van der Waals surface area contributed by atoms with Gasteiger partial charge in [-0.05, 0) is 0 Å². The summed E-state index contributed by atoms with van der Waals surface area (Å²) in [7, 11) is 0. The fraction of sp³-hybridized carbons (Fsp3) is 0.333. The van der Waals surface area contributed by atoms with Crippen LogP contribution in [-0.4, -0.2) is 28.5 Å². The molecule has 0 unspecified atom stereocenters. The van der Waals surface area contributed by atoms with Crippen LogP contribution in [0.3, 0.4) is 0 Å². The fourth-order valence-corrected chi connectivity index (χ4v) is 0. The highest BCUT2D eigenvalue weighted by Crippen LogP contribution is 1.56. The molecule has 0 heterocycles. The summed E-state index contributed by atoms with van der Waals surface area (Å²) in [5, 5.41) is 14.8. The van der Waals surface area contributed by atoms with Crippen molar-refractivity contribution in [2.75, 3.05) is 6.38 Å². The number of aliphatic carboxylic acids is 2. The van der Waals surface area contributed by atoms with E-state index in [9.17, 15) is 0 Å². The minimum Gasteiger partial charge on any atom is -0.473 e. The molecular formula is C3H5ClO4. The average Bonchev–Trinajstić information content (AvgIpc) is 1.72. The lowest BCUT2D eigenvalue weighted by Crippen LogP contribution is -2.09. The highest BCUT2D eigenvalue weighted by Gasteiger charge is 2.04. The smallest absolute Gasteiger partial charge is 0.414 e. The lowest BCUT2D eigenvalue weighted by molar-refractivity contribution is -0.159. The largest absolute Gasteiger partial charge is 0.473 e. The molecule has 0 aromatic carbocycles. The van der Waals surface area contributed by atoms with Crippen LogP contribution in [0, 0.1) is 0 Å². The Morgan fingerprint density at radius 1 is 1.12 bits per heavy atom. The minimum absolute atomic E-state index is 1.47. The van der Waals surface area contributed by atoms with E-state index in [0.717, 1.165) is 0 Å². The number of hydrogen-bond acceptors (Lipinski definition) is 2. The van der Waals surface area contributed by atoms with Gasteiger partial charge in [0.2, 0.25) is 0 Å². The van der Waals surface area contributed by atoms with E-state index in [4.69, 9.17) is 19.8 Å². The van der Waals surface area contributed by atoms with Gasteiger partial charge in [-0.25, -0.2) is 9.59 Å². The normalized spacial score (nSPS) is 6.25. The van der Waals surface area contributed by atoms with Gasteiger partial charge in [0.25, 0.3) is 0 Å². The Balaban J connectivity index is 0. The number of carbonyl (C=O) groups is 2. The van der Waals surface area contributed by atoms with Crippen molar-refractivity contribution >= 4 is 23.5 Å². The summed E-state index contributed by atoms with van der Waals surface area (Å²) in [4.78, 5) is 18.2. The molecule has 48 valence electrons. The second-order valence-electron chi connectivity index (χ2n) is 0.610. The highest BCUT2D eigenvalue weighted by molar-refractivity contribution is 6.27. The lowest BCUT2D eigenvalue weighted by atomic mass is 10.7. The first-order valence-electron chi connectivity index (χ1n) is 1.48. The summed E-state index contributed by atoms with van der Waals surface area (Å²) in [5.74, 6) is -3.65. The maximum atomic E-state index is 9.10. The third kappa shape index (κ3) is 8.97. The molecule has 0 spiro atoms. The van der Waals surface area contributed by atoms with Gasteiger partial charge in [-0.2, -0.15) is 0 Å². The maximum Gasteiger partial charge on any atom is 0.414 e. The monoisotopic (exact) mass is 140 g/mol. The van der Waals surface area contributed by atoms with Crippen LogP contribution in [0.2, 0.25) is 0 Å². The molecule has 0 amide bonds. The molecule has 0 bridgehead atoms. The van der Waals surface area contributed by atoms with Crippen LogP contribution < -0.4 is 0 Å². The quantitative estimate of drug-likeness (QED) is 0.367. The molecule has 0 aromatic rings. The van der Waals surface area contributed by atoms with Crippen LogP contribution in [0.4, 0.5) is 0 Å². The van der Waals surface area contributed by atoms with Crippen LogP contribution in [0.15, 0.2) is 0 Å². The number of alkyl halides is 1. The molecule has 4 nitrogen and oxygen atoms in total. The Labute approximate surface area is 50.7 Å². The number of hydrogen-bond donors (Lipinski definition) is 2. The lowest BCUT2D eigenvalue weighted by Gasteiger charge is -1.72. The van der Waals surface area contributed by atoms with Crippen molar-refractivity contribution in [1.82, 2.24) is 0 Å². The highest BCUT2D eigenvalue weighted by atomic mass is 35.5. The molecule has 0 saturated heterocycles. The number of carboxylic acids is 2. The van der Waals surface area contributed by atoms with E-state index >= 15 is 0 Å². The second-order valence-corrected chi connectivity index (χ2v) is 0.610. The van der Waals surface area contributed by atoms with Crippen LogP contribution in [0.25, 0.3) is 0 Å². The first-order chi connectivity index (χ1) is 3.64. The Morgan fingerprint density at radius 3 is 1.25 bits per heavy atom. The Bertz CT molecular complexity index is 77.3.